The van der Waals surface area contributed by atoms with Crippen LogP contribution in [0.2, 0.25) is 0 Å². The molecule has 0 aliphatic rings. The summed E-state index contributed by atoms with van der Waals surface area (Å²) < 4.78 is 10.7. The van der Waals surface area contributed by atoms with Crippen molar-refractivity contribution in [1.29, 1.82) is 0 Å². The van der Waals surface area contributed by atoms with Gasteiger partial charge < -0.3 is 19.9 Å². The van der Waals surface area contributed by atoms with Crippen LogP contribution in [0.25, 0.3) is 0 Å². The molecule has 1 aromatic rings. The summed E-state index contributed by atoms with van der Waals surface area (Å²) in [6, 6.07) is 6.98. The van der Waals surface area contributed by atoms with Crippen LogP contribution in [0.15, 0.2) is 24.3 Å². The van der Waals surface area contributed by atoms with E-state index in [4.69, 9.17) is 14.6 Å². The molecule has 0 atom stereocenters. The number of rotatable bonds is 9. The van der Waals surface area contributed by atoms with Gasteiger partial charge in [0.1, 0.15) is 11.5 Å². The van der Waals surface area contributed by atoms with Crippen molar-refractivity contribution >= 4 is 11.9 Å². The van der Waals surface area contributed by atoms with Crippen LogP contribution in [0.3, 0.4) is 0 Å². The van der Waals surface area contributed by atoms with E-state index in [1.807, 2.05) is 6.92 Å². The second kappa shape index (κ2) is 8.79. The fourth-order valence-electron chi connectivity index (χ4n) is 1.36. The van der Waals surface area contributed by atoms with Crippen molar-refractivity contribution in [2.24, 2.45) is 0 Å². The Hall–Kier alpha value is -2.24. The molecule has 6 heteroatoms. The molecule has 0 heterocycles. The van der Waals surface area contributed by atoms with Crippen LogP contribution in [0.4, 0.5) is 0 Å². The van der Waals surface area contributed by atoms with E-state index in [2.05, 4.69) is 5.32 Å². The summed E-state index contributed by atoms with van der Waals surface area (Å²) >= 11 is 0. The highest BCUT2D eigenvalue weighted by Gasteiger charge is 2.04. The number of nitrogens with one attached hydrogen (secondary N) is 1. The van der Waals surface area contributed by atoms with Gasteiger partial charge in [-0.15, -0.1) is 0 Å². The Balaban J connectivity index is 2.27. The maximum atomic E-state index is 11.4. The summed E-state index contributed by atoms with van der Waals surface area (Å²) in [4.78, 5) is 21.6. The van der Waals surface area contributed by atoms with Gasteiger partial charge in [-0.1, -0.05) is 6.92 Å². The molecule has 6 nitrogen and oxygen atoms in total. The van der Waals surface area contributed by atoms with Crippen molar-refractivity contribution < 1.29 is 24.2 Å². The highest BCUT2D eigenvalue weighted by molar-refractivity contribution is 5.78. The van der Waals surface area contributed by atoms with Crippen LogP contribution in [0.1, 0.15) is 19.8 Å². The summed E-state index contributed by atoms with van der Waals surface area (Å²) in [7, 11) is 0. The number of hydrogen-bond acceptors (Lipinski definition) is 4. The van der Waals surface area contributed by atoms with Crippen LogP contribution >= 0.6 is 0 Å². The molecule has 0 aliphatic carbocycles. The number of carbonyl (C=O) groups is 2. The largest absolute Gasteiger partial charge is 0.494 e. The topological polar surface area (TPSA) is 84.9 Å². The van der Waals surface area contributed by atoms with Gasteiger partial charge in [0.05, 0.1) is 13.0 Å². The van der Waals surface area contributed by atoms with Crippen molar-refractivity contribution in [3.8, 4) is 11.5 Å². The highest BCUT2D eigenvalue weighted by atomic mass is 16.5. The third-order valence-electron chi connectivity index (χ3n) is 2.33. The van der Waals surface area contributed by atoms with Crippen molar-refractivity contribution in [2.75, 3.05) is 19.8 Å². The molecule has 0 fully saturated rings. The van der Waals surface area contributed by atoms with Gasteiger partial charge in [0, 0.05) is 6.54 Å². The van der Waals surface area contributed by atoms with E-state index in [1.54, 1.807) is 24.3 Å². The fourth-order valence-corrected chi connectivity index (χ4v) is 1.36. The molecule has 0 saturated heterocycles. The van der Waals surface area contributed by atoms with Crippen LogP contribution < -0.4 is 14.8 Å². The Kier molecular flexibility index (Phi) is 6.95. The van der Waals surface area contributed by atoms with Gasteiger partial charge in [0.25, 0.3) is 5.91 Å². The maximum Gasteiger partial charge on any atom is 0.305 e. The van der Waals surface area contributed by atoms with Gasteiger partial charge in [-0.25, -0.2) is 0 Å². The lowest BCUT2D eigenvalue weighted by Crippen LogP contribution is -2.30. The van der Waals surface area contributed by atoms with Crippen molar-refractivity contribution in [2.45, 2.75) is 19.8 Å². The molecule has 0 aromatic heterocycles. The Bertz CT molecular complexity index is 430. The molecule has 0 saturated carbocycles. The molecular weight excluding hydrogens is 262 g/mol. The highest BCUT2D eigenvalue weighted by Crippen LogP contribution is 2.17. The van der Waals surface area contributed by atoms with E-state index in [0.717, 1.165) is 12.2 Å². The van der Waals surface area contributed by atoms with E-state index in [-0.39, 0.29) is 25.5 Å². The standard InChI is InChI=1S/C14H19NO5/c1-2-9-19-11-3-5-12(6-4-11)20-10-13(16)15-8-7-14(17)18/h3-6H,2,7-10H2,1H3,(H,15,16)(H,17,18). The van der Waals surface area contributed by atoms with Crippen LogP contribution in [0.5, 0.6) is 11.5 Å². The average Bonchev–Trinajstić information content (AvgIpc) is 2.43. The summed E-state index contributed by atoms with van der Waals surface area (Å²) in [6.45, 7) is 2.64. The number of benzene rings is 1. The zero-order valence-electron chi connectivity index (χ0n) is 11.4. The molecular formula is C14H19NO5. The van der Waals surface area contributed by atoms with Gasteiger partial charge in [-0.2, -0.15) is 0 Å². The van der Waals surface area contributed by atoms with Crippen LogP contribution in [-0.4, -0.2) is 36.7 Å². The molecule has 1 rings (SSSR count). The van der Waals surface area contributed by atoms with Crippen molar-refractivity contribution in [3.63, 3.8) is 0 Å². The third-order valence-corrected chi connectivity index (χ3v) is 2.33. The lowest BCUT2D eigenvalue weighted by atomic mass is 10.3. The predicted octanol–water partition coefficient (Wildman–Crippen LogP) is 1.45. The maximum absolute atomic E-state index is 11.4. The lowest BCUT2D eigenvalue weighted by Gasteiger charge is -2.08. The minimum Gasteiger partial charge on any atom is -0.494 e. The minimum atomic E-state index is -0.950. The van der Waals surface area contributed by atoms with Gasteiger partial charge in [0.15, 0.2) is 6.61 Å². The molecule has 1 aromatic carbocycles. The first-order chi connectivity index (χ1) is 9.61. The van der Waals surface area contributed by atoms with Gasteiger partial charge in [0.2, 0.25) is 0 Å². The minimum absolute atomic E-state index is 0.0985. The Labute approximate surface area is 117 Å². The summed E-state index contributed by atoms with van der Waals surface area (Å²) in [5, 5.41) is 10.9. The number of carboxylic acids is 1. The Morgan fingerprint density at radius 3 is 2.30 bits per heavy atom. The lowest BCUT2D eigenvalue weighted by molar-refractivity contribution is -0.137. The van der Waals surface area contributed by atoms with E-state index < -0.39 is 5.97 Å². The van der Waals surface area contributed by atoms with Crippen LogP contribution in [0, 0.1) is 0 Å². The van der Waals surface area contributed by atoms with E-state index >= 15 is 0 Å². The third kappa shape index (κ3) is 6.63. The summed E-state index contributed by atoms with van der Waals surface area (Å²) in [5.74, 6) is 0.0128. The fraction of sp³-hybridized carbons (Fsp3) is 0.429. The first kappa shape index (κ1) is 15.8. The Morgan fingerprint density at radius 1 is 1.15 bits per heavy atom. The van der Waals surface area contributed by atoms with Crippen molar-refractivity contribution in [3.05, 3.63) is 24.3 Å². The number of hydrogen-bond donors (Lipinski definition) is 2. The predicted molar refractivity (Wildman–Crippen MR) is 73.0 cm³/mol. The van der Waals surface area contributed by atoms with E-state index in [0.29, 0.717) is 12.4 Å². The number of aliphatic carboxylic acids is 1. The average molecular weight is 281 g/mol. The smallest absolute Gasteiger partial charge is 0.305 e. The molecule has 0 aliphatic heterocycles. The van der Waals surface area contributed by atoms with E-state index in [1.165, 1.54) is 0 Å². The SMILES string of the molecule is CCCOc1ccc(OCC(=O)NCCC(=O)O)cc1. The molecule has 0 radical (unpaired) electrons. The first-order valence-corrected chi connectivity index (χ1v) is 6.46. The normalized spacial score (nSPS) is 9.85. The first-order valence-electron chi connectivity index (χ1n) is 6.46. The van der Waals surface area contributed by atoms with Gasteiger partial charge in [-0.05, 0) is 30.7 Å². The zero-order valence-corrected chi connectivity index (χ0v) is 11.4. The molecule has 1 amide bonds. The molecule has 0 unspecified atom stereocenters. The Morgan fingerprint density at radius 2 is 1.75 bits per heavy atom. The second-order valence-electron chi connectivity index (χ2n) is 4.10. The van der Waals surface area contributed by atoms with Gasteiger partial charge >= 0.3 is 5.97 Å². The van der Waals surface area contributed by atoms with Crippen LogP contribution in [-0.2, 0) is 9.59 Å². The quantitative estimate of drug-likeness (QED) is 0.715. The summed E-state index contributed by atoms with van der Waals surface area (Å²) in [6.07, 6.45) is 0.837. The summed E-state index contributed by atoms with van der Waals surface area (Å²) in [5.41, 5.74) is 0. The monoisotopic (exact) mass is 281 g/mol. The number of carboxylic acid groups (broad SMARTS) is 1. The number of carbonyl (C=O) groups excluding carboxylic acids is 1. The number of ether oxygens (including phenoxy) is 2. The van der Waals surface area contributed by atoms with Crippen molar-refractivity contribution in [1.82, 2.24) is 5.32 Å². The zero-order chi connectivity index (χ0) is 14.8. The second-order valence-corrected chi connectivity index (χ2v) is 4.10. The molecule has 2 N–H and O–H groups in total. The molecule has 110 valence electrons. The molecule has 20 heavy (non-hydrogen) atoms. The number of amides is 1. The van der Waals surface area contributed by atoms with Gasteiger partial charge in [-0.3, -0.25) is 9.59 Å². The van der Waals surface area contributed by atoms with E-state index in [9.17, 15) is 9.59 Å². The molecule has 0 spiro atoms. The molecule has 0 bridgehead atoms.